The van der Waals surface area contributed by atoms with Crippen LogP contribution in [-0.4, -0.2) is 19.2 Å². The summed E-state index contributed by atoms with van der Waals surface area (Å²) in [5.74, 6) is 0.880. The fourth-order valence-corrected chi connectivity index (χ4v) is 2.62. The van der Waals surface area contributed by atoms with Crippen molar-refractivity contribution < 1.29 is 14.3 Å². The minimum Gasteiger partial charge on any atom is -0.482 e. The minimum atomic E-state index is -0.346. The summed E-state index contributed by atoms with van der Waals surface area (Å²) >= 11 is 5.87. The SMILES string of the molecule is Cc1cc(Cl)ccc1OCC(=O)OCC(C)(C)CC(C)C. The van der Waals surface area contributed by atoms with E-state index in [1.165, 1.54) is 0 Å². The summed E-state index contributed by atoms with van der Waals surface area (Å²) in [5.41, 5.74) is 0.885. The van der Waals surface area contributed by atoms with Gasteiger partial charge in [-0.2, -0.15) is 0 Å². The van der Waals surface area contributed by atoms with Gasteiger partial charge in [-0.25, -0.2) is 4.79 Å². The van der Waals surface area contributed by atoms with Crippen LogP contribution in [0.15, 0.2) is 18.2 Å². The maximum Gasteiger partial charge on any atom is 0.344 e. The molecule has 0 saturated heterocycles. The fourth-order valence-electron chi connectivity index (χ4n) is 2.39. The Kier molecular flexibility index (Phi) is 6.53. The highest BCUT2D eigenvalue weighted by atomic mass is 35.5. The zero-order valence-corrected chi connectivity index (χ0v) is 14.3. The molecule has 21 heavy (non-hydrogen) atoms. The number of hydrogen-bond donors (Lipinski definition) is 0. The Morgan fingerprint density at radius 3 is 2.57 bits per heavy atom. The summed E-state index contributed by atoms with van der Waals surface area (Å²) in [7, 11) is 0. The van der Waals surface area contributed by atoms with Crippen molar-refractivity contribution in [3.8, 4) is 5.75 Å². The zero-order valence-electron chi connectivity index (χ0n) is 13.5. The van der Waals surface area contributed by atoms with E-state index >= 15 is 0 Å². The van der Waals surface area contributed by atoms with E-state index in [-0.39, 0.29) is 18.0 Å². The van der Waals surface area contributed by atoms with Gasteiger partial charge >= 0.3 is 5.97 Å². The lowest BCUT2D eigenvalue weighted by atomic mass is 9.85. The van der Waals surface area contributed by atoms with Gasteiger partial charge in [0.15, 0.2) is 6.61 Å². The van der Waals surface area contributed by atoms with E-state index in [2.05, 4.69) is 27.7 Å². The van der Waals surface area contributed by atoms with Gasteiger partial charge in [0.2, 0.25) is 0 Å². The summed E-state index contributed by atoms with van der Waals surface area (Å²) in [4.78, 5) is 11.8. The molecule has 0 amide bonds. The van der Waals surface area contributed by atoms with Crippen molar-refractivity contribution in [3.05, 3.63) is 28.8 Å². The quantitative estimate of drug-likeness (QED) is 0.688. The summed E-state index contributed by atoms with van der Waals surface area (Å²) in [6, 6.07) is 5.29. The first-order valence-electron chi connectivity index (χ1n) is 7.24. The molecule has 0 saturated carbocycles. The summed E-state index contributed by atoms with van der Waals surface area (Å²) in [6.07, 6.45) is 1.01. The van der Waals surface area contributed by atoms with Gasteiger partial charge in [0, 0.05) is 5.02 Å². The number of carbonyl (C=O) groups excluding carboxylic acids is 1. The van der Waals surface area contributed by atoms with Crippen molar-refractivity contribution in [2.45, 2.75) is 41.0 Å². The van der Waals surface area contributed by atoms with Crippen molar-refractivity contribution in [1.82, 2.24) is 0 Å². The zero-order chi connectivity index (χ0) is 16.0. The summed E-state index contributed by atoms with van der Waals surface area (Å²) in [5, 5.41) is 0.651. The van der Waals surface area contributed by atoms with Crippen LogP contribution in [0.1, 0.15) is 39.7 Å². The highest BCUT2D eigenvalue weighted by Gasteiger charge is 2.21. The van der Waals surface area contributed by atoms with E-state index in [0.717, 1.165) is 12.0 Å². The second-order valence-corrected chi connectivity index (χ2v) is 7.06. The van der Waals surface area contributed by atoms with Gasteiger partial charge in [-0.05, 0) is 48.4 Å². The van der Waals surface area contributed by atoms with Gasteiger partial charge in [0.1, 0.15) is 5.75 Å². The van der Waals surface area contributed by atoms with E-state index < -0.39 is 0 Å². The molecule has 0 heterocycles. The second-order valence-electron chi connectivity index (χ2n) is 6.62. The maximum absolute atomic E-state index is 11.8. The lowest BCUT2D eigenvalue weighted by Gasteiger charge is -2.26. The standard InChI is InChI=1S/C17H25ClO3/c1-12(2)9-17(4,5)11-21-16(19)10-20-15-7-6-14(18)8-13(15)3/h6-8,12H,9-11H2,1-5H3. The van der Waals surface area contributed by atoms with Gasteiger partial charge in [0.25, 0.3) is 0 Å². The Balaban J connectivity index is 2.41. The molecule has 0 aromatic heterocycles. The molecular formula is C17H25ClO3. The smallest absolute Gasteiger partial charge is 0.344 e. The third-order valence-corrected chi connectivity index (χ3v) is 3.30. The van der Waals surface area contributed by atoms with Crippen LogP contribution >= 0.6 is 11.6 Å². The van der Waals surface area contributed by atoms with Crippen LogP contribution in [0, 0.1) is 18.3 Å². The highest BCUT2D eigenvalue weighted by Crippen LogP contribution is 2.25. The van der Waals surface area contributed by atoms with Crippen LogP contribution in [0.4, 0.5) is 0 Å². The average molecular weight is 313 g/mol. The van der Waals surface area contributed by atoms with E-state index in [0.29, 0.717) is 23.3 Å². The van der Waals surface area contributed by atoms with Crippen molar-refractivity contribution in [1.29, 1.82) is 0 Å². The molecule has 0 unspecified atom stereocenters. The third kappa shape index (κ3) is 6.85. The monoisotopic (exact) mass is 312 g/mol. The van der Waals surface area contributed by atoms with Crippen LogP contribution in [0.5, 0.6) is 5.75 Å². The average Bonchev–Trinajstić information content (AvgIpc) is 2.34. The van der Waals surface area contributed by atoms with Crippen LogP contribution in [0.2, 0.25) is 5.02 Å². The predicted octanol–water partition coefficient (Wildman–Crippen LogP) is 4.64. The van der Waals surface area contributed by atoms with E-state index in [4.69, 9.17) is 21.1 Å². The lowest BCUT2D eigenvalue weighted by molar-refractivity contribution is -0.149. The molecule has 0 atom stereocenters. The molecule has 1 rings (SSSR count). The first kappa shape index (κ1) is 17.8. The van der Waals surface area contributed by atoms with Crippen molar-refractivity contribution in [3.63, 3.8) is 0 Å². The van der Waals surface area contributed by atoms with Crippen molar-refractivity contribution >= 4 is 17.6 Å². The first-order chi connectivity index (χ1) is 9.69. The molecule has 0 bridgehead atoms. The molecule has 0 aliphatic heterocycles. The molecule has 1 aromatic rings. The minimum absolute atomic E-state index is 0.0139. The highest BCUT2D eigenvalue weighted by molar-refractivity contribution is 6.30. The molecule has 118 valence electrons. The first-order valence-corrected chi connectivity index (χ1v) is 7.62. The number of benzene rings is 1. The number of halogens is 1. The van der Waals surface area contributed by atoms with Crippen molar-refractivity contribution in [2.24, 2.45) is 11.3 Å². The Morgan fingerprint density at radius 2 is 2.00 bits per heavy atom. The maximum atomic E-state index is 11.8. The third-order valence-electron chi connectivity index (χ3n) is 3.07. The van der Waals surface area contributed by atoms with E-state index in [1.807, 2.05) is 6.92 Å². The summed E-state index contributed by atoms with van der Waals surface area (Å²) in [6.45, 7) is 10.7. The second kappa shape index (κ2) is 7.69. The topological polar surface area (TPSA) is 35.5 Å². The number of ether oxygens (including phenoxy) is 2. The molecule has 3 nitrogen and oxygen atoms in total. The molecule has 0 aliphatic carbocycles. The van der Waals surface area contributed by atoms with Crippen LogP contribution in [-0.2, 0) is 9.53 Å². The van der Waals surface area contributed by atoms with Gasteiger partial charge < -0.3 is 9.47 Å². The van der Waals surface area contributed by atoms with Gasteiger partial charge in [-0.3, -0.25) is 0 Å². The predicted molar refractivity (Wildman–Crippen MR) is 85.9 cm³/mol. The molecule has 1 aromatic carbocycles. The number of hydrogen-bond acceptors (Lipinski definition) is 3. The number of esters is 1. The Bertz CT molecular complexity index is 481. The van der Waals surface area contributed by atoms with Gasteiger partial charge in [-0.1, -0.05) is 39.3 Å². The van der Waals surface area contributed by atoms with Crippen LogP contribution in [0.3, 0.4) is 0 Å². The molecule has 0 aliphatic rings. The van der Waals surface area contributed by atoms with Crippen LogP contribution < -0.4 is 4.74 Å². The summed E-state index contributed by atoms with van der Waals surface area (Å²) < 4.78 is 10.8. The molecule has 0 radical (unpaired) electrons. The Morgan fingerprint density at radius 1 is 1.33 bits per heavy atom. The van der Waals surface area contributed by atoms with E-state index in [9.17, 15) is 4.79 Å². The van der Waals surface area contributed by atoms with Gasteiger partial charge in [0.05, 0.1) is 6.61 Å². The Labute approximate surface area is 132 Å². The number of aryl methyl sites for hydroxylation is 1. The number of rotatable bonds is 7. The molecule has 0 N–H and O–H groups in total. The lowest BCUT2D eigenvalue weighted by Crippen LogP contribution is -2.26. The molecular weight excluding hydrogens is 288 g/mol. The molecule has 0 spiro atoms. The molecule has 0 fully saturated rings. The van der Waals surface area contributed by atoms with Crippen LogP contribution in [0.25, 0.3) is 0 Å². The largest absolute Gasteiger partial charge is 0.482 e. The fraction of sp³-hybridized carbons (Fsp3) is 0.588. The number of carbonyl (C=O) groups is 1. The van der Waals surface area contributed by atoms with Gasteiger partial charge in [-0.15, -0.1) is 0 Å². The normalized spacial score (nSPS) is 11.6. The van der Waals surface area contributed by atoms with Crippen molar-refractivity contribution in [2.75, 3.05) is 13.2 Å². The molecule has 4 heteroatoms. The van der Waals surface area contributed by atoms with E-state index in [1.54, 1.807) is 18.2 Å². The Hall–Kier alpha value is -1.22.